The topological polar surface area (TPSA) is 56.5 Å². The summed E-state index contributed by atoms with van der Waals surface area (Å²) < 4.78 is 10.8. The van der Waals surface area contributed by atoms with Crippen molar-refractivity contribution in [2.75, 3.05) is 20.8 Å². The number of ether oxygens (including phenoxy) is 2. The highest BCUT2D eigenvalue weighted by atomic mass is 16.5. The number of hydrogen-bond acceptors (Lipinski definition) is 4. The van der Waals surface area contributed by atoms with Crippen molar-refractivity contribution >= 4 is 0 Å². The third kappa shape index (κ3) is 3.37. The number of nitrogens with two attached hydrogens (primary N) is 1. The van der Waals surface area contributed by atoms with Crippen LogP contribution in [0.5, 0.6) is 11.5 Å². The highest BCUT2D eigenvalue weighted by Gasteiger charge is 2.16. The van der Waals surface area contributed by atoms with Crippen molar-refractivity contribution in [3.05, 3.63) is 23.3 Å². The Balaban J connectivity index is 2.93. The summed E-state index contributed by atoms with van der Waals surface area (Å²) in [6.07, 6.45) is 0. The Morgan fingerprint density at radius 2 is 1.89 bits per heavy atom. The highest BCUT2D eigenvalue weighted by molar-refractivity contribution is 5.49. The van der Waals surface area contributed by atoms with Gasteiger partial charge >= 0.3 is 0 Å². The maximum atomic E-state index is 5.70. The van der Waals surface area contributed by atoms with Crippen LogP contribution in [0.4, 0.5) is 0 Å². The van der Waals surface area contributed by atoms with Gasteiger partial charge in [0.2, 0.25) is 0 Å². The molecule has 0 amide bonds. The highest BCUT2D eigenvalue weighted by Crippen LogP contribution is 2.31. The lowest BCUT2D eigenvalue weighted by atomic mass is 10.0. The van der Waals surface area contributed by atoms with Gasteiger partial charge < -0.3 is 20.5 Å². The van der Waals surface area contributed by atoms with E-state index in [0.717, 1.165) is 29.2 Å². The van der Waals surface area contributed by atoms with Gasteiger partial charge in [0.15, 0.2) is 0 Å². The Labute approximate surface area is 109 Å². The molecule has 0 radical (unpaired) electrons. The summed E-state index contributed by atoms with van der Waals surface area (Å²) in [5.41, 5.74) is 7.75. The summed E-state index contributed by atoms with van der Waals surface area (Å²) in [6.45, 7) is 7.46. The van der Waals surface area contributed by atoms with Crippen LogP contribution in [0, 0.1) is 6.92 Å². The van der Waals surface area contributed by atoms with Crippen LogP contribution in [0.1, 0.15) is 25.0 Å². The van der Waals surface area contributed by atoms with Crippen LogP contribution in [0.2, 0.25) is 0 Å². The van der Waals surface area contributed by atoms with Crippen LogP contribution in [0.15, 0.2) is 12.1 Å². The Kier molecular flexibility index (Phi) is 4.99. The van der Waals surface area contributed by atoms with Crippen LogP contribution in [0.3, 0.4) is 0 Å². The zero-order valence-electron chi connectivity index (χ0n) is 12.0. The normalized spacial score (nSPS) is 11.4. The molecule has 0 fully saturated rings. The summed E-state index contributed by atoms with van der Waals surface area (Å²) in [5.74, 6) is 1.71. The largest absolute Gasteiger partial charge is 0.496 e. The molecule has 0 aliphatic carbocycles. The second-order valence-electron chi connectivity index (χ2n) is 5.03. The standard InChI is InChI=1S/C14H24N2O2/c1-10-12(17-4)7-6-11(13(10)18-5)8-16-14(2,3)9-15/h6-7,16H,8-9,15H2,1-5H3. The molecule has 0 aliphatic heterocycles. The van der Waals surface area contributed by atoms with Gasteiger partial charge in [-0.3, -0.25) is 0 Å². The smallest absolute Gasteiger partial charge is 0.129 e. The Bertz CT molecular complexity index is 403. The van der Waals surface area contributed by atoms with E-state index < -0.39 is 0 Å². The van der Waals surface area contributed by atoms with Crippen LogP contribution in [0.25, 0.3) is 0 Å². The number of nitrogens with one attached hydrogen (secondary N) is 1. The molecule has 1 aromatic rings. The quantitative estimate of drug-likeness (QED) is 0.811. The van der Waals surface area contributed by atoms with E-state index in [1.807, 2.05) is 19.1 Å². The van der Waals surface area contributed by atoms with Crippen molar-refractivity contribution in [3.63, 3.8) is 0 Å². The molecule has 3 N–H and O–H groups in total. The first-order valence-electron chi connectivity index (χ1n) is 6.10. The molecular formula is C14H24N2O2. The van der Waals surface area contributed by atoms with Crippen LogP contribution >= 0.6 is 0 Å². The second-order valence-corrected chi connectivity index (χ2v) is 5.03. The van der Waals surface area contributed by atoms with Crippen molar-refractivity contribution in [3.8, 4) is 11.5 Å². The predicted octanol–water partition coefficient (Wildman–Crippen LogP) is 1.84. The summed E-state index contributed by atoms with van der Waals surface area (Å²) in [5, 5.41) is 3.42. The van der Waals surface area contributed by atoms with Gasteiger partial charge in [-0.25, -0.2) is 0 Å². The van der Waals surface area contributed by atoms with Crippen LogP contribution in [-0.2, 0) is 6.54 Å². The predicted molar refractivity (Wildman–Crippen MR) is 74.3 cm³/mol. The molecule has 0 atom stereocenters. The minimum absolute atomic E-state index is 0.0845. The monoisotopic (exact) mass is 252 g/mol. The zero-order chi connectivity index (χ0) is 13.8. The first-order chi connectivity index (χ1) is 8.45. The molecule has 0 saturated carbocycles. The van der Waals surface area contributed by atoms with E-state index in [0.29, 0.717) is 6.54 Å². The van der Waals surface area contributed by atoms with Gasteiger partial charge in [0.25, 0.3) is 0 Å². The third-order valence-corrected chi connectivity index (χ3v) is 3.13. The van der Waals surface area contributed by atoms with E-state index in [2.05, 4.69) is 19.2 Å². The maximum Gasteiger partial charge on any atom is 0.129 e. The summed E-state index contributed by atoms with van der Waals surface area (Å²) in [6, 6.07) is 3.98. The van der Waals surface area contributed by atoms with Crippen molar-refractivity contribution in [1.82, 2.24) is 5.32 Å². The van der Waals surface area contributed by atoms with Gasteiger partial charge in [-0.2, -0.15) is 0 Å². The third-order valence-electron chi connectivity index (χ3n) is 3.13. The summed E-state index contributed by atoms with van der Waals surface area (Å²) in [7, 11) is 3.34. The fourth-order valence-electron chi connectivity index (χ4n) is 1.78. The molecule has 0 saturated heterocycles. The molecule has 102 valence electrons. The van der Waals surface area contributed by atoms with E-state index in [-0.39, 0.29) is 5.54 Å². The molecule has 18 heavy (non-hydrogen) atoms. The fraction of sp³-hybridized carbons (Fsp3) is 0.571. The van der Waals surface area contributed by atoms with Crippen molar-refractivity contribution in [2.24, 2.45) is 5.73 Å². The summed E-state index contributed by atoms with van der Waals surface area (Å²) >= 11 is 0. The van der Waals surface area contributed by atoms with E-state index in [1.165, 1.54) is 0 Å². The fourth-order valence-corrected chi connectivity index (χ4v) is 1.78. The molecule has 0 bridgehead atoms. The van der Waals surface area contributed by atoms with Gasteiger partial charge in [0, 0.05) is 29.8 Å². The lowest BCUT2D eigenvalue weighted by molar-refractivity contribution is 0.370. The van der Waals surface area contributed by atoms with E-state index in [1.54, 1.807) is 14.2 Å². The molecule has 0 heterocycles. The average molecular weight is 252 g/mol. The lowest BCUT2D eigenvalue weighted by Crippen LogP contribution is -2.45. The van der Waals surface area contributed by atoms with Crippen molar-refractivity contribution < 1.29 is 9.47 Å². The van der Waals surface area contributed by atoms with E-state index >= 15 is 0 Å². The SMILES string of the molecule is COc1ccc(CNC(C)(C)CN)c(OC)c1C. The molecule has 1 aromatic carbocycles. The minimum Gasteiger partial charge on any atom is -0.496 e. The van der Waals surface area contributed by atoms with Crippen molar-refractivity contribution in [1.29, 1.82) is 0 Å². The summed E-state index contributed by atoms with van der Waals surface area (Å²) in [4.78, 5) is 0. The Morgan fingerprint density at radius 3 is 2.39 bits per heavy atom. The van der Waals surface area contributed by atoms with Crippen molar-refractivity contribution in [2.45, 2.75) is 32.9 Å². The molecule has 0 spiro atoms. The molecule has 0 aliphatic rings. The van der Waals surface area contributed by atoms with Crippen LogP contribution < -0.4 is 20.5 Å². The van der Waals surface area contributed by atoms with Crippen LogP contribution in [-0.4, -0.2) is 26.3 Å². The number of hydrogen-bond donors (Lipinski definition) is 2. The second kappa shape index (κ2) is 6.07. The first kappa shape index (κ1) is 14.8. The average Bonchev–Trinajstić information content (AvgIpc) is 2.36. The molecule has 0 aromatic heterocycles. The van der Waals surface area contributed by atoms with Gasteiger partial charge in [0.05, 0.1) is 14.2 Å². The lowest BCUT2D eigenvalue weighted by Gasteiger charge is -2.25. The van der Waals surface area contributed by atoms with E-state index in [4.69, 9.17) is 15.2 Å². The zero-order valence-corrected chi connectivity index (χ0v) is 12.0. The Hall–Kier alpha value is -1.26. The number of rotatable bonds is 6. The minimum atomic E-state index is -0.0845. The van der Waals surface area contributed by atoms with Gasteiger partial charge in [-0.05, 0) is 26.8 Å². The Morgan fingerprint density at radius 1 is 1.22 bits per heavy atom. The first-order valence-corrected chi connectivity index (χ1v) is 6.10. The van der Waals surface area contributed by atoms with Gasteiger partial charge in [0.1, 0.15) is 11.5 Å². The molecular weight excluding hydrogens is 228 g/mol. The maximum absolute atomic E-state index is 5.70. The number of methoxy groups -OCH3 is 2. The number of benzene rings is 1. The van der Waals surface area contributed by atoms with Gasteiger partial charge in [-0.1, -0.05) is 6.07 Å². The van der Waals surface area contributed by atoms with Gasteiger partial charge in [-0.15, -0.1) is 0 Å². The van der Waals surface area contributed by atoms with E-state index in [9.17, 15) is 0 Å². The molecule has 1 rings (SSSR count). The molecule has 4 nitrogen and oxygen atoms in total. The molecule has 4 heteroatoms. The molecule has 0 unspecified atom stereocenters.